The summed E-state index contributed by atoms with van der Waals surface area (Å²) < 4.78 is 8.24. The zero-order valence-electron chi connectivity index (χ0n) is 13.0. The molecule has 0 radical (unpaired) electrons. The SMILES string of the molecule is CC(c1ccco1)N(CCc1ccccc1)[Si](C)(C)C. The lowest BCUT2D eigenvalue weighted by Crippen LogP contribution is -2.48. The van der Waals surface area contributed by atoms with E-state index in [1.807, 2.05) is 6.07 Å². The van der Waals surface area contributed by atoms with Crippen LogP contribution in [0, 0.1) is 0 Å². The zero-order valence-corrected chi connectivity index (χ0v) is 14.0. The fourth-order valence-electron chi connectivity index (χ4n) is 2.69. The average molecular weight is 287 g/mol. The summed E-state index contributed by atoms with van der Waals surface area (Å²) in [5, 5.41) is 0. The highest BCUT2D eigenvalue weighted by molar-refractivity contribution is 6.73. The lowest BCUT2D eigenvalue weighted by Gasteiger charge is -2.38. The van der Waals surface area contributed by atoms with Crippen molar-refractivity contribution in [3.8, 4) is 0 Å². The molecule has 2 aromatic rings. The molecule has 1 aromatic carbocycles. The van der Waals surface area contributed by atoms with Crippen molar-refractivity contribution in [1.29, 1.82) is 0 Å². The van der Waals surface area contributed by atoms with Crippen LogP contribution in [0.3, 0.4) is 0 Å². The van der Waals surface area contributed by atoms with E-state index in [-0.39, 0.29) is 0 Å². The Morgan fingerprint density at radius 2 is 1.75 bits per heavy atom. The first-order valence-electron chi connectivity index (χ1n) is 7.32. The van der Waals surface area contributed by atoms with Crippen LogP contribution in [-0.4, -0.2) is 19.3 Å². The highest BCUT2D eigenvalue weighted by Gasteiger charge is 2.29. The van der Waals surface area contributed by atoms with Crippen molar-refractivity contribution in [3.63, 3.8) is 0 Å². The molecular weight excluding hydrogens is 262 g/mol. The average Bonchev–Trinajstić information content (AvgIpc) is 2.92. The van der Waals surface area contributed by atoms with E-state index in [1.165, 1.54) is 5.56 Å². The molecule has 20 heavy (non-hydrogen) atoms. The molecule has 1 unspecified atom stereocenters. The van der Waals surface area contributed by atoms with E-state index in [0.717, 1.165) is 18.7 Å². The Morgan fingerprint density at radius 1 is 1.05 bits per heavy atom. The van der Waals surface area contributed by atoms with Crippen LogP contribution in [0.5, 0.6) is 0 Å². The fourth-order valence-corrected chi connectivity index (χ4v) is 4.76. The van der Waals surface area contributed by atoms with Gasteiger partial charge in [-0.3, -0.25) is 0 Å². The molecule has 1 atom stereocenters. The van der Waals surface area contributed by atoms with Gasteiger partial charge in [-0.25, -0.2) is 0 Å². The maximum absolute atomic E-state index is 5.60. The predicted molar refractivity (Wildman–Crippen MR) is 87.3 cm³/mol. The topological polar surface area (TPSA) is 16.4 Å². The second-order valence-corrected chi connectivity index (χ2v) is 11.2. The van der Waals surface area contributed by atoms with Gasteiger partial charge < -0.3 is 8.98 Å². The first-order chi connectivity index (χ1) is 9.48. The molecule has 0 aliphatic heterocycles. The van der Waals surface area contributed by atoms with Gasteiger partial charge in [0.05, 0.1) is 12.3 Å². The van der Waals surface area contributed by atoms with Crippen LogP contribution in [0.1, 0.15) is 24.3 Å². The first-order valence-corrected chi connectivity index (χ1v) is 10.8. The van der Waals surface area contributed by atoms with Gasteiger partial charge in [-0.1, -0.05) is 50.0 Å². The van der Waals surface area contributed by atoms with Gasteiger partial charge in [-0.15, -0.1) is 0 Å². The van der Waals surface area contributed by atoms with E-state index >= 15 is 0 Å². The largest absolute Gasteiger partial charge is 0.468 e. The molecule has 0 amide bonds. The van der Waals surface area contributed by atoms with Crippen molar-refractivity contribution < 1.29 is 4.42 Å². The molecule has 0 saturated heterocycles. The van der Waals surface area contributed by atoms with Crippen molar-refractivity contribution in [2.75, 3.05) is 6.54 Å². The maximum atomic E-state index is 5.60. The normalized spacial score (nSPS) is 13.7. The first kappa shape index (κ1) is 15.1. The van der Waals surface area contributed by atoms with Gasteiger partial charge in [0, 0.05) is 0 Å². The van der Waals surface area contributed by atoms with Crippen LogP contribution in [0.4, 0.5) is 0 Å². The zero-order chi connectivity index (χ0) is 14.6. The minimum atomic E-state index is -1.39. The lowest BCUT2D eigenvalue weighted by molar-refractivity contribution is 0.297. The second kappa shape index (κ2) is 6.42. The minimum Gasteiger partial charge on any atom is -0.468 e. The molecule has 1 heterocycles. The van der Waals surface area contributed by atoms with Gasteiger partial charge in [-0.05, 0) is 37.6 Å². The van der Waals surface area contributed by atoms with Crippen molar-refractivity contribution in [2.45, 2.75) is 39.0 Å². The third-order valence-electron chi connectivity index (χ3n) is 3.77. The van der Waals surface area contributed by atoms with E-state index in [4.69, 9.17) is 4.42 Å². The summed E-state index contributed by atoms with van der Waals surface area (Å²) in [6.45, 7) is 10.5. The number of nitrogens with zero attached hydrogens (tertiary/aromatic N) is 1. The third kappa shape index (κ3) is 3.84. The van der Waals surface area contributed by atoms with Gasteiger partial charge in [0.25, 0.3) is 0 Å². The second-order valence-electron chi connectivity index (χ2n) is 6.29. The summed E-state index contributed by atoms with van der Waals surface area (Å²) in [5.74, 6) is 1.07. The van der Waals surface area contributed by atoms with Gasteiger partial charge in [0.1, 0.15) is 14.0 Å². The molecule has 0 bridgehead atoms. The van der Waals surface area contributed by atoms with E-state index in [9.17, 15) is 0 Å². The van der Waals surface area contributed by atoms with Crippen molar-refractivity contribution in [2.24, 2.45) is 0 Å². The predicted octanol–water partition coefficient (Wildman–Crippen LogP) is 4.72. The molecule has 108 valence electrons. The molecule has 0 aliphatic carbocycles. The van der Waals surface area contributed by atoms with E-state index in [2.05, 4.69) is 67.5 Å². The highest BCUT2D eigenvalue weighted by Crippen LogP contribution is 2.26. The quantitative estimate of drug-likeness (QED) is 0.715. The molecule has 0 N–H and O–H groups in total. The summed E-state index contributed by atoms with van der Waals surface area (Å²) in [6, 6.07) is 15.1. The summed E-state index contributed by atoms with van der Waals surface area (Å²) in [4.78, 5) is 0. The minimum absolute atomic E-state index is 0.348. The van der Waals surface area contributed by atoms with Gasteiger partial charge in [-0.2, -0.15) is 0 Å². The molecule has 0 fully saturated rings. The third-order valence-corrected chi connectivity index (χ3v) is 6.10. The van der Waals surface area contributed by atoms with Crippen LogP contribution in [0.2, 0.25) is 19.6 Å². The van der Waals surface area contributed by atoms with Gasteiger partial charge in [0.15, 0.2) is 0 Å². The van der Waals surface area contributed by atoms with Gasteiger partial charge in [0.2, 0.25) is 0 Å². The van der Waals surface area contributed by atoms with Crippen molar-refractivity contribution >= 4 is 8.24 Å². The van der Waals surface area contributed by atoms with Crippen LogP contribution in [-0.2, 0) is 6.42 Å². The smallest absolute Gasteiger partial charge is 0.119 e. The number of hydrogen-bond donors (Lipinski definition) is 0. The summed E-state index contributed by atoms with van der Waals surface area (Å²) >= 11 is 0. The van der Waals surface area contributed by atoms with Crippen LogP contribution in [0.25, 0.3) is 0 Å². The Labute approximate surface area is 123 Å². The maximum Gasteiger partial charge on any atom is 0.119 e. The molecular formula is C17H25NOSi. The Kier molecular flexibility index (Phi) is 4.84. The van der Waals surface area contributed by atoms with Crippen LogP contribution >= 0.6 is 0 Å². The molecule has 2 rings (SSSR count). The lowest BCUT2D eigenvalue weighted by atomic mass is 10.1. The van der Waals surface area contributed by atoms with Crippen LogP contribution < -0.4 is 0 Å². The Bertz CT molecular complexity index is 502. The van der Waals surface area contributed by atoms with E-state index < -0.39 is 8.24 Å². The fraction of sp³-hybridized carbons (Fsp3) is 0.412. The number of hydrogen-bond acceptors (Lipinski definition) is 2. The molecule has 0 saturated carbocycles. The standard InChI is InChI=1S/C17H25NOSi/c1-15(17-11-8-14-19-17)18(20(2,3)4)13-12-16-9-6-5-7-10-16/h5-11,14-15H,12-13H2,1-4H3. The van der Waals surface area contributed by atoms with Crippen molar-refractivity contribution in [3.05, 3.63) is 60.1 Å². The summed E-state index contributed by atoms with van der Waals surface area (Å²) in [7, 11) is -1.39. The van der Waals surface area contributed by atoms with Gasteiger partial charge >= 0.3 is 0 Å². The van der Waals surface area contributed by atoms with Crippen molar-refractivity contribution in [1.82, 2.24) is 4.57 Å². The number of benzene rings is 1. The Morgan fingerprint density at radius 3 is 2.30 bits per heavy atom. The number of rotatable bonds is 6. The summed E-state index contributed by atoms with van der Waals surface area (Å²) in [5.41, 5.74) is 1.40. The van der Waals surface area contributed by atoms with E-state index in [1.54, 1.807) is 6.26 Å². The molecule has 3 heteroatoms. The molecule has 0 spiro atoms. The van der Waals surface area contributed by atoms with Crippen LogP contribution in [0.15, 0.2) is 53.1 Å². The summed E-state index contributed by atoms with van der Waals surface area (Å²) in [6.07, 6.45) is 2.86. The molecule has 2 nitrogen and oxygen atoms in total. The Balaban J connectivity index is 2.09. The Hall–Kier alpha value is -1.32. The molecule has 1 aromatic heterocycles. The number of furan rings is 1. The molecule has 0 aliphatic rings. The monoisotopic (exact) mass is 287 g/mol. The van der Waals surface area contributed by atoms with E-state index in [0.29, 0.717) is 6.04 Å². The highest BCUT2D eigenvalue weighted by atomic mass is 28.3.